The van der Waals surface area contributed by atoms with Gasteiger partial charge in [-0.15, -0.1) is 10.2 Å². The van der Waals surface area contributed by atoms with E-state index in [9.17, 15) is 9.59 Å². The first kappa shape index (κ1) is 22.4. The number of halogens is 1. The van der Waals surface area contributed by atoms with Crippen molar-refractivity contribution in [1.29, 1.82) is 0 Å². The fourth-order valence-corrected chi connectivity index (χ4v) is 5.23. The van der Waals surface area contributed by atoms with Crippen LogP contribution < -0.4 is 5.32 Å². The van der Waals surface area contributed by atoms with Crippen molar-refractivity contribution >= 4 is 44.2 Å². The molecule has 8 heteroatoms. The number of anilines is 1. The summed E-state index contributed by atoms with van der Waals surface area (Å²) in [5.41, 5.74) is 3.64. The van der Waals surface area contributed by atoms with Crippen molar-refractivity contribution in [3.05, 3.63) is 88.9 Å². The van der Waals surface area contributed by atoms with E-state index in [0.29, 0.717) is 23.7 Å². The van der Waals surface area contributed by atoms with Crippen LogP contribution in [0.2, 0.25) is 0 Å². The van der Waals surface area contributed by atoms with E-state index in [1.54, 1.807) is 4.90 Å². The third kappa shape index (κ3) is 4.78. The first-order valence-corrected chi connectivity index (χ1v) is 12.6. The largest absolute Gasteiger partial charge is 0.327 e. The van der Waals surface area contributed by atoms with E-state index >= 15 is 0 Å². The van der Waals surface area contributed by atoms with Gasteiger partial charge in [-0.1, -0.05) is 81.9 Å². The van der Waals surface area contributed by atoms with E-state index in [1.165, 1.54) is 11.3 Å². The highest BCUT2D eigenvalue weighted by atomic mass is 79.9. The number of amides is 2. The lowest BCUT2D eigenvalue weighted by atomic mass is 10.0. The van der Waals surface area contributed by atoms with E-state index < -0.39 is 6.04 Å². The lowest BCUT2D eigenvalue weighted by Gasteiger charge is -2.23. The molecule has 0 unspecified atom stereocenters. The number of carbonyl (C=O) groups is 2. The monoisotopic (exact) mass is 532 g/mol. The molecule has 1 aliphatic heterocycles. The van der Waals surface area contributed by atoms with Crippen molar-refractivity contribution in [2.75, 3.05) is 11.9 Å². The maximum atomic E-state index is 13.2. The highest BCUT2D eigenvalue weighted by Crippen LogP contribution is 2.29. The van der Waals surface area contributed by atoms with Crippen LogP contribution in [0, 0.1) is 0 Å². The lowest BCUT2D eigenvalue weighted by Crippen LogP contribution is -2.43. The Morgan fingerprint density at radius 2 is 1.65 bits per heavy atom. The summed E-state index contributed by atoms with van der Waals surface area (Å²) in [6.45, 7) is 0.552. The number of hydrogen-bond donors (Lipinski definition) is 1. The number of benzene rings is 3. The van der Waals surface area contributed by atoms with Gasteiger partial charge in [-0.25, -0.2) is 0 Å². The molecule has 0 aliphatic carbocycles. The van der Waals surface area contributed by atoms with Gasteiger partial charge in [0.2, 0.25) is 11.0 Å². The van der Waals surface area contributed by atoms with E-state index in [1.807, 2.05) is 78.9 Å². The Labute approximate surface area is 209 Å². The van der Waals surface area contributed by atoms with Crippen LogP contribution in [-0.4, -0.2) is 39.5 Å². The molecule has 1 atom stereocenters. The van der Waals surface area contributed by atoms with Gasteiger partial charge in [-0.05, 0) is 48.2 Å². The SMILES string of the molecule is O=C(Nc1nnc(-c2cccc(Br)c2)s1)[C@H]1CCCN1C(=O)c1ccc(-c2ccccc2)cc1. The van der Waals surface area contributed by atoms with Crippen LogP contribution in [0.4, 0.5) is 5.13 Å². The second-order valence-corrected chi connectivity index (χ2v) is 9.91. The number of rotatable bonds is 5. The normalized spacial score (nSPS) is 15.3. The minimum atomic E-state index is -0.528. The van der Waals surface area contributed by atoms with Gasteiger partial charge in [-0.3, -0.25) is 14.9 Å². The van der Waals surface area contributed by atoms with Crippen LogP contribution in [0.1, 0.15) is 23.2 Å². The number of aromatic nitrogens is 2. The molecule has 1 aromatic heterocycles. The average molecular weight is 533 g/mol. The zero-order valence-corrected chi connectivity index (χ0v) is 20.6. The molecule has 1 saturated heterocycles. The molecule has 6 nitrogen and oxygen atoms in total. The number of carbonyl (C=O) groups excluding carboxylic acids is 2. The van der Waals surface area contributed by atoms with E-state index in [0.717, 1.165) is 32.6 Å². The summed E-state index contributed by atoms with van der Waals surface area (Å²) in [5, 5.41) is 12.3. The van der Waals surface area contributed by atoms with Crippen molar-refractivity contribution in [2.45, 2.75) is 18.9 Å². The molecular formula is C26H21BrN4O2S. The van der Waals surface area contributed by atoms with Gasteiger partial charge in [0, 0.05) is 22.1 Å². The summed E-state index contributed by atoms with van der Waals surface area (Å²) in [5.74, 6) is -0.368. The Hall–Kier alpha value is -3.36. The fourth-order valence-electron chi connectivity index (χ4n) is 4.08. The molecule has 5 rings (SSSR count). The number of likely N-dealkylation sites (tertiary alicyclic amines) is 1. The predicted molar refractivity (Wildman–Crippen MR) is 138 cm³/mol. The zero-order chi connectivity index (χ0) is 23.5. The third-order valence-corrected chi connectivity index (χ3v) is 7.16. The maximum absolute atomic E-state index is 13.2. The first-order valence-electron chi connectivity index (χ1n) is 11.0. The van der Waals surface area contributed by atoms with Gasteiger partial charge in [-0.2, -0.15) is 0 Å². The Bertz CT molecular complexity index is 1320. The second kappa shape index (κ2) is 9.87. The number of nitrogens with one attached hydrogen (secondary N) is 1. The quantitative estimate of drug-likeness (QED) is 0.348. The van der Waals surface area contributed by atoms with Gasteiger partial charge in [0.25, 0.3) is 5.91 Å². The minimum absolute atomic E-state index is 0.135. The molecular weight excluding hydrogens is 512 g/mol. The van der Waals surface area contributed by atoms with E-state index in [4.69, 9.17) is 0 Å². The van der Waals surface area contributed by atoms with Crippen molar-refractivity contribution in [3.8, 4) is 21.7 Å². The summed E-state index contributed by atoms with van der Waals surface area (Å²) >= 11 is 4.76. The molecule has 1 aliphatic rings. The van der Waals surface area contributed by atoms with Crippen LogP contribution in [-0.2, 0) is 4.79 Å². The van der Waals surface area contributed by atoms with E-state index in [-0.39, 0.29) is 11.8 Å². The molecule has 1 N–H and O–H groups in total. The predicted octanol–water partition coefficient (Wildman–Crippen LogP) is 5.88. The Balaban J connectivity index is 1.27. The van der Waals surface area contributed by atoms with E-state index in [2.05, 4.69) is 31.4 Å². The van der Waals surface area contributed by atoms with Crippen molar-refractivity contribution in [2.24, 2.45) is 0 Å². The van der Waals surface area contributed by atoms with Crippen LogP contribution in [0.25, 0.3) is 21.7 Å². The Kier molecular flexibility index (Phi) is 6.51. The highest BCUT2D eigenvalue weighted by Gasteiger charge is 2.35. The van der Waals surface area contributed by atoms with Gasteiger partial charge in [0.1, 0.15) is 11.0 Å². The lowest BCUT2D eigenvalue weighted by molar-refractivity contribution is -0.119. The fraction of sp³-hybridized carbons (Fsp3) is 0.154. The van der Waals surface area contributed by atoms with Crippen LogP contribution in [0.3, 0.4) is 0 Å². The molecule has 0 bridgehead atoms. The molecule has 170 valence electrons. The molecule has 4 aromatic rings. The summed E-state index contributed by atoms with van der Waals surface area (Å²) in [6, 6.07) is 24.8. The number of nitrogens with zero attached hydrogens (tertiary/aromatic N) is 3. The molecule has 34 heavy (non-hydrogen) atoms. The maximum Gasteiger partial charge on any atom is 0.254 e. The highest BCUT2D eigenvalue weighted by molar-refractivity contribution is 9.10. The van der Waals surface area contributed by atoms with Gasteiger partial charge < -0.3 is 4.90 Å². The summed E-state index contributed by atoms with van der Waals surface area (Å²) in [4.78, 5) is 27.9. The number of hydrogen-bond acceptors (Lipinski definition) is 5. The minimum Gasteiger partial charge on any atom is -0.327 e. The summed E-state index contributed by atoms with van der Waals surface area (Å²) < 4.78 is 0.947. The molecule has 3 aromatic carbocycles. The Morgan fingerprint density at radius 3 is 2.41 bits per heavy atom. The van der Waals surface area contributed by atoms with Crippen LogP contribution in [0.5, 0.6) is 0 Å². The average Bonchev–Trinajstić information content (AvgIpc) is 3.54. The van der Waals surface area contributed by atoms with Crippen LogP contribution in [0.15, 0.2) is 83.3 Å². The summed E-state index contributed by atoms with van der Waals surface area (Å²) in [7, 11) is 0. The molecule has 0 radical (unpaired) electrons. The third-order valence-electron chi connectivity index (χ3n) is 5.78. The van der Waals surface area contributed by atoms with Crippen molar-refractivity contribution < 1.29 is 9.59 Å². The standard InChI is InChI=1S/C26H21BrN4O2S/c27-21-9-4-8-20(16-21)24-29-30-26(34-24)28-23(32)22-10-5-15-31(22)25(33)19-13-11-18(12-14-19)17-6-2-1-3-7-17/h1-4,6-9,11-14,16,22H,5,10,15H2,(H,28,30,32)/t22-/m1/s1. The van der Waals surface area contributed by atoms with Gasteiger partial charge in [0.05, 0.1) is 0 Å². The van der Waals surface area contributed by atoms with Crippen molar-refractivity contribution in [1.82, 2.24) is 15.1 Å². The molecule has 0 spiro atoms. The van der Waals surface area contributed by atoms with Gasteiger partial charge >= 0.3 is 0 Å². The smallest absolute Gasteiger partial charge is 0.254 e. The first-order chi connectivity index (χ1) is 16.6. The molecule has 2 amide bonds. The molecule has 2 heterocycles. The zero-order valence-electron chi connectivity index (χ0n) is 18.1. The second-order valence-electron chi connectivity index (χ2n) is 8.01. The van der Waals surface area contributed by atoms with Crippen LogP contribution >= 0.6 is 27.3 Å². The van der Waals surface area contributed by atoms with Gasteiger partial charge in [0.15, 0.2) is 0 Å². The Morgan fingerprint density at radius 1 is 0.912 bits per heavy atom. The topological polar surface area (TPSA) is 75.2 Å². The molecule has 1 fully saturated rings. The molecule has 0 saturated carbocycles. The van der Waals surface area contributed by atoms with Crippen molar-refractivity contribution in [3.63, 3.8) is 0 Å². The summed E-state index contributed by atoms with van der Waals surface area (Å²) in [6.07, 6.45) is 1.41.